The Morgan fingerprint density at radius 1 is 0.446 bits per heavy atom. The molecule has 13 rings (SSSR count). The molecule has 49 atom stereocenters. The average molecular weight is 1750 g/mol. The minimum Gasteiger partial charge on any atom is -0.479 e. The Hall–Kier alpha value is -3.58. The number of hydrogen-bond acceptors (Lipinski definition) is 41. The van der Waals surface area contributed by atoms with E-state index in [4.69, 9.17) is 80.5 Å². The van der Waals surface area contributed by atoms with E-state index in [1.165, 1.54) is 27.7 Å². The molecular weight excluding hydrogens is 1620 g/mol. The van der Waals surface area contributed by atoms with Crippen LogP contribution in [0.15, 0.2) is 11.6 Å². The number of carboxylic acids is 1. The molecule has 8 heterocycles. The first-order chi connectivity index (χ1) is 56.7. The van der Waals surface area contributed by atoms with Gasteiger partial charge in [0.15, 0.2) is 62.3 Å². The third kappa shape index (κ3) is 16.8. The summed E-state index contributed by atoms with van der Waals surface area (Å²) in [5.74, 6) is -5.47. The third-order valence-corrected chi connectivity index (χ3v) is 29.6. The number of esters is 2. The van der Waals surface area contributed by atoms with Gasteiger partial charge in [0.25, 0.3) is 0 Å². The minimum absolute atomic E-state index is 0.00221. The van der Waals surface area contributed by atoms with Crippen LogP contribution in [0.25, 0.3) is 0 Å². The van der Waals surface area contributed by atoms with E-state index in [0.717, 1.165) is 18.8 Å². The molecule has 42 heteroatoms. The molecule has 121 heavy (non-hydrogen) atoms. The first-order valence-corrected chi connectivity index (χ1v) is 41.7. The number of allylic oxidation sites excluding steroid dienone is 2. The van der Waals surface area contributed by atoms with E-state index in [1.54, 1.807) is 6.92 Å². The summed E-state index contributed by atoms with van der Waals surface area (Å²) in [5, 5.41) is 234. The fraction of sp³-hybridized carbons (Fsp3) is 0.924. The largest absolute Gasteiger partial charge is 0.479 e. The van der Waals surface area contributed by atoms with Gasteiger partial charge in [0.2, 0.25) is 6.29 Å². The van der Waals surface area contributed by atoms with Crippen molar-refractivity contribution in [1.82, 2.24) is 0 Å². The fourth-order valence-electron chi connectivity index (χ4n) is 22.2. The van der Waals surface area contributed by atoms with Crippen LogP contribution in [0.5, 0.6) is 0 Å². The van der Waals surface area contributed by atoms with Gasteiger partial charge in [0.1, 0.15) is 158 Å². The smallest absolute Gasteiger partial charge is 0.335 e. The quantitative estimate of drug-likeness (QED) is 0.0220. The molecule has 5 aliphatic carbocycles. The molecule has 0 bridgehead atoms. The lowest BCUT2D eigenvalue weighted by molar-refractivity contribution is -0.403. The molecule has 8 aliphatic heterocycles. The molecule has 692 valence electrons. The van der Waals surface area contributed by atoms with Gasteiger partial charge in [0, 0.05) is 6.92 Å². The summed E-state index contributed by atoms with van der Waals surface area (Å²) < 4.78 is 105. The Labute approximate surface area is 696 Å². The van der Waals surface area contributed by atoms with Gasteiger partial charge >= 0.3 is 17.9 Å². The van der Waals surface area contributed by atoms with Gasteiger partial charge in [-0.25, -0.2) is 4.79 Å². The van der Waals surface area contributed by atoms with Crippen molar-refractivity contribution in [3.8, 4) is 0 Å². The van der Waals surface area contributed by atoms with Crippen LogP contribution in [0.2, 0.25) is 0 Å². The summed E-state index contributed by atoms with van der Waals surface area (Å²) in [6.07, 6.45) is -71.6. The highest BCUT2D eigenvalue weighted by Crippen LogP contribution is 2.76. The molecule has 13 aliphatic rings. The van der Waals surface area contributed by atoms with Gasteiger partial charge in [-0.05, 0) is 125 Å². The van der Waals surface area contributed by atoms with E-state index in [0.29, 0.717) is 32.1 Å². The Balaban J connectivity index is 0.825. The monoisotopic (exact) mass is 1740 g/mol. The van der Waals surface area contributed by atoms with Crippen LogP contribution in [0.3, 0.4) is 0 Å². The number of carbonyl (C=O) groups excluding carboxylic acids is 3. The van der Waals surface area contributed by atoms with Crippen molar-refractivity contribution in [3.63, 3.8) is 0 Å². The molecule has 0 spiro atoms. The number of carboxylic acid groups (broad SMARTS) is 1. The second-order valence-corrected chi connectivity index (χ2v) is 37.4. The first-order valence-electron chi connectivity index (χ1n) is 41.7. The molecule has 21 N–H and O–H groups in total. The van der Waals surface area contributed by atoms with Crippen LogP contribution in [0.4, 0.5) is 0 Å². The van der Waals surface area contributed by atoms with E-state index >= 15 is 4.79 Å². The zero-order chi connectivity index (χ0) is 88.6. The molecule has 4 saturated carbocycles. The van der Waals surface area contributed by atoms with Crippen molar-refractivity contribution >= 4 is 24.2 Å². The lowest BCUT2D eigenvalue weighted by Crippen LogP contribution is -2.70. The molecule has 0 aromatic carbocycles. The number of carbonyl (C=O) groups is 4. The topological polar surface area (TPSA) is 650 Å². The molecular formula is C79H124O42. The first kappa shape index (κ1) is 95.0. The molecule has 49 unspecified atom stereocenters. The number of aliphatic hydroxyl groups excluding tert-OH is 20. The summed E-state index contributed by atoms with van der Waals surface area (Å²) >= 11 is 0. The van der Waals surface area contributed by atoms with Crippen molar-refractivity contribution in [2.75, 3.05) is 19.8 Å². The standard InChI is InChI=1S/C79H124O42/c1-26-40(86)45(91)50(96)66(106-26)115-58-54(100)60(64(102)103)117-72(62(58)119-69-53(99)48(94)44(90)35(23-81)112-69)113-39-15-16-75(8)36(76(39,9)25-82)14-17-77(10)37(75)13-12-31-32-20-74(6,7)18-19-79(32,38(85)21-78(31,77)11)73(104)121-71-63(61(57(29(4)109-71)110-30(5)83)118-67-51(97)46(92)41(87)27(2)107-67)120-70-55(101)59(116-68-52(98)47(93)43(89)34(22-80)111-68)56(28(3)108-70)114-65-49(95)42(88)33(84)24-105-65/h12,25-29,32-63,65-72,80-81,84-101H,13-24H2,1-11H3,(H,102,103). The van der Waals surface area contributed by atoms with Gasteiger partial charge in [0.05, 0.1) is 61.9 Å². The average Bonchev–Trinajstić information content (AvgIpc) is 0.669. The van der Waals surface area contributed by atoms with E-state index in [2.05, 4.69) is 26.8 Å². The van der Waals surface area contributed by atoms with Crippen molar-refractivity contribution < 1.29 is 207 Å². The zero-order valence-electron chi connectivity index (χ0n) is 69.0. The van der Waals surface area contributed by atoms with Gasteiger partial charge < -0.3 is 193 Å². The number of aliphatic hydroxyl groups is 20. The van der Waals surface area contributed by atoms with Crippen molar-refractivity contribution in [2.45, 2.75) is 386 Å². The Kier molecular flexibility index (Phi) is 28.3. The summed E-state index contributed by atoms with van der Waals surface area (Å²) in [6.45, 7) is 16.0. The molecule has 0 aromatic rings. The van der Waals surface area contributed by atoms with Crippen LogP contribution < -0.4 is 0 Å². The van der Waals surface area contributed by atoms with Crippen LogP contribution in [0.1, 0.15) is 134 Å². The van der Waals surface area contributed by atoms with E-state index in [9.17, 15) is 122 Å². The van der Waals surface area contributed by atoms with Crippen LogP contribution >= 0.6 is 0 Å². The molecule has 0 amide bonds. The van der Waals surface area contributed by atoms with Crippen molar-refractivity contribution in [1.29, 1.82) is 0 Å². The normalized spacial score (nSPS) is 54.4. The summed E-state index contributed by atoms with van der Waals surface area (Å²) in [4.78, 5) is 57.5. The molecule has 0 radical (unpaired) electrons. The van der Waals surface area contributed by atoms with E-state index in [1.807, 2.05) is 13.8 Å². The SMILES string of the molecule is CC(=O)OC1C(C)OC(OC(=O)C23CCC(C)(C)CC2C2=CCC4C5(C)CCC(OC6OC(C(=O)O)C(O)C(OC7OC(C)C(O)C(O)C7O)C6OC6OC(CO)C(O)C(O)C6O)C(C)(C=O)C5CCC4(C)C2(C)CC3O)C(OC2OC(C)C(OC3OCC(O)C(O)C3O)C(OC3OC(CO)C(O)C(O)C3O)C2O)C1OC1OC(C)C(O)C(O)C1O. The fourth-order valence-corrected chi connectivity index (χ4v) is 22.2. The maximum atomic E-state index is 16.5. The highest BCUT2D eigenvalue weighted by molar-refractivity contribution is 5.80. The van der Waals surface area contributed by atoms with E-state index < -0.39 is 334 Å². The Morgan fingerprint density at radius 2 is 0.917 bits per heavy atom. The maximum absolute atomic E-state index is 16.5. The van der Waals surface area contributed by atoms with Gasteiger partial charge in [-0.15, -0.1) is 0 Å². The number of aldehydes is 1. The van der Waals surface area contributed by atoms with E-state index in [-0.39, 0.29) is 31.6 Å². The summed E-state index contributed by atoms with van der Waals surface area (Å²) in [5.41, 5.74) is -5.61. The zero-order valence-corrected chi connectivity index (χ0v) is 69.0. The van der Waals surface area contributed by atoms with Gasteiger partial charge in [-0.2, -0.15) is 0 Å². The van der Waals surface area contributed by atoms with Crippen LogP contribution in [-0.4, -0.2) is 403 Å². The highest BCUT2D eigenvalue weighted by atomic mass is 16.8. The van der Waals surface area contributed by atoms with Gasteiger partial charge in [-0.1, -0.05) is 53.2 Å². The Bertz CT molecular complexity index is 3620. The predicted octanol–water partition coefficient (Wildman–Crippen LogP) is -7.18. The molecule has 0 aromatic heterocycles. The minimum atomic E-state index is -2.28. The molecule has 8 saturated heterocycles. The molecule has 12 fully saturated rings. The second-order valence-electron chi connectivity index (χ2n) is 37.4. The lowest BCUT2D eigenvalue weighted by Gasteiger charge is -2.71. The maximum Gasteiger partial charge on any atom is 0.335 e. The van der Waals surface area contributed by atoms with Gasteiger partial charge in [-0.3, -0.25) is 9.59 Å². The highest BCUT2D eigenvalue weighted by Gasteiger charge is 2.74. The third-order valence-electron chi connectivity index (χ3n) is 29.6. The predicted molar refractivity (Wildman–Crippen MR) is 394 cm³/mol. The second kappa shape index (κ2) is 36.0. The van der Waals surface area contributed by atoms with Crippen molar-refractivity contribution in [2.24, 2.45) is 50.2 Å². The lowest BCUT2D eigenvalue weighted by atomic mass is 9.33. The van der Waals surface area contributed by atoms with Crippen molar-refractivity contribution in [3.05, 3.63) is 11.6 Å². The summed E-state index contributed by atoms with van der Waals surface area (Å²) in [6, 6.07) is 0. The number of fused-ring (bicyclic) bond motifs is 7. The number of aliphatic carboxylic acids is 1. The van der Waals surface area contributed by atoms with Crippen LogP contribution in [0, 0.1) is 50.2 Å². The number of rotatable bonds is 21. The molecule has 42 nitrogen and oxygen atoms in total. The summed E-state index contributed by atoms with van der Waals surface area (Å²) in [7, 11) is 0. The Morgan fingerprint density at radius 3 is 1.45 bits per heavy atom. The number of ether oxygens (including phenoxy) is 17. The number of hydrogen-bond donors (Lipinski definition) is 21. The van der Waals surface area contributed by atoms with Crippen LogP contribution in [-0.2, 0) is 99.7 Å².